The second kappa shape index (κ2) is 4.79. The summed E-state index contributed by atoms with van der Waals surface area (Å²) in [5.74, 6) is -0.283. The molecule has 0 heterocycles. The maximum Gasteiger partial charge on any atom is 0.337 e. The van der Waals surface area contributed by atoms with Gasteiger partial charge in [-0.25, -0.2) is 4.79 Å². The lowest BCUT2D eigenvalue weighted by Crippen LogP contribution is -2.03. The first kappa shape index (κ1) is 12.0. The van der Waals surface area contributed by atoms with Crippen LogP contribution in [0.5, 0.6) is 5.75 Å². The molecule has 2 aromatic rings. The van der Waals surface area contributed by atoms with Crippen molar-refractivity contribution in [3.63, 3.8) is 0 Å². The van der Waals surface area contributed by atoms with Crippen LogP contribution in [0.15, 0.2) is 42.5 Å². The first-order valence-electron chi connectivity index (χ1n) is 5.39. The number of rotatable bonds is 3. The van der Waals surface area contributed by atoms with E-state index in [0.717, 1.165) is 11.3 Å². The summed E-state index contributed by atoms with van der Waals surface area (Å²) in [5, 5.41) is 9.02. The Morgan fingerprint density at radius 3 is 2.39 bits per heavy atom. The van der Waals surface area contributed by atoms with Crippen molar-refractivity contribution in [2.24, 2.45) is 0 Å². The number of para-hydroxylation sites is 1. The molecule has 0 aliphatic rings. The van der Waals surface area contributed by atoms with E-state index in [-0.39, 0.29) is 11.3 Å². The van der Waals surface area contributed by atoms with Crippen LogP contribution in [-0.2, 0) is 0 Å². The van der Waals surface area contributed by atoms with Gasteiger partial charge in [0.1, 0.15) is 5.75 Å². The van der Waals surface area contributed by atoms with Crippen molar-refractivity contribution in [2.45, 2.75) is 0 Å². The van der Waals surface area contributed by atoms with Crippen LogP contribution in [0.4, 0.5) is 5.69 Å². The van der Waals surface area contributed by atoms with Gasteiger partial charge in [0, 0.05) is 5.56 Å². The fraction of sp³-hybridized carbons (Fsp3) is 0.0714. The number of nitrogens with two attached hydrogens (primary N) is 1. The number of nitrogen functional groups attached to an aromatic ring is 1. The monoisotopic (exact) mass is 243 g/mol. The van der Waals surface area contributed by atoms with Crippen molar-refractivity contribution in [3.8, 4) is 16.9 Å². The summed E-state index contributed by atoms with van der Waals surface area (Å²) in [4.78, 5) is 11.0. The summed E-state index contributed by atoms with van der Waals surface area (Å²) >= 11 is 0. The largest absolute Gasteiger partial charge is 0.497 e. The Kier molecular flexibility index (Phi) is 3.19. The third kappa shape index (κ3) is 2.13. The highest BCUT2D eigenvalue weighted by Gasteiger charge is 2.11. The van der Waals surface area contributed by atoms with Crippen molar-refractivity contribution in [1.82, 2.24) is 0 Å². The molecule has 2 aromatic carbocycles. The van der Waals surface area contributed by atoms with Crippen LogP contribution < -0.4 is 10.5 Å². The summed E-state index contributed by atoms with van der Waals surface area (Å²) < 4.78 is 5.07. The Bertz CT molecular complexity index is 576. The number of methoxy groups -OCH3 is 1. The molecule has 0 spiro atoms. The summed E-state index contributed by atoms with van der Waals surface area (Å²) in [5.41, 5.74) is 7.83. The topological polar surface area (TPSA) is 72.5 Å². The first-order chi connectivity index (χ1) is 8.63. The fourth-order valence-electron chi connectivity index (χ4n) is 1.77. The number of carbonyl (C=O) groups is 1. The molecular formula is C14H13NO3. The molecule has 4 heteroatoms. The molecule has 2 rings (SSSR count). The maximum absolute atomic E-state index is 11.0. The minimum absolute atomic E-state index is 0.114. The highest BCUT2D eigenvalue weighted by Crippen LogP contribution is 2.29. The van der Waals surface area contributed by atoms with Gasteiger partial charge in [-0.05, 0) is 23.8 Å². The Hall–Kier alpha value is -2.49. The van der Waals surface area contributed by atoms with Gasteiger partial charge in [0.2, 0.25) is 0 Å². The van der Waals surface area contributed by atoms with Crippen molar-refractivity contribution in [1.29, 1.82) is 0 Å². The lowest BCUT2D eigenvalue weighted by atomic mass is 10.0. The molecule has 18 heavy (non-hydrogen) atoms. The third-order valence-electron chi connectivity index (χ3n) is 2.74. The molecule has 0 radical (unpaired) electrons. The number of carboxylic acids is 1. The zero-order valence-electron chi connectivity index (χ0n) is 9.88. The van der Waals surface area contributed by atoms with E-state index in [4.69, 9.17) is 15.6 Å². The van der Waals surface area contributed by atoms with E-state index in [2.05, 4.69) is 0 Å². The van der Waals surface area contributed by atoms with E-state index in [1.54, 1.807) is 19.2 Å². The maximum atomic E-state index is 11.0. The number of ether oxygens (including phenoxy) is 1. The predicted octanol–water partition coefficient (Wildman–Crippen LogP) is 2.64. The van der Waals surface area contributed by atoms with Gasteiger partial charge in [-0.15, -0.1) is 0 Å². The SMILES string of the molecule is COc1ccc(-c2cccc(C(=O)O)c2N)cc1. The minimum Gasteiger partial charge on any atom is -0.497 e. The minimum atomic E-state index is -1.03. The van der Waals surface area contributed by atoms with Crippen LogP contribution in [0, 0.1) is 0 Å². The van der Waals surface area contributed by atoms with Crippen LogP contribution in [0.3, 0.4) is 0 Å². The highest BCUT2D eigenvalue weighted by atomic mass is 16.5. The standard InChI is InChI=1S/C14H13NO3/c1-18-10-7-5-9(6-8-10)11-3-2-4-12(13(11)15)14(16)17/h2-8H,15H2,1H3,(H,16,17). The Balaban J connectivity index is 2.50. The molecule has 0 atom stereocenters. The number of carboxylic acid groups (broad SMARTS) is 1. The molecule has 3 N–H and O–H groups in total. The van der Waals surface area contributed by atoms with Crippen LogP contribution in [0.2, 0.25) is 0 Å². The summed E-state index contributed by atoms with van der Waals surface area (Å²) in [6, 6.07) is 12.3. The molecule has 0 amide bonds. The Morgan fingerprint density at radius 1 is 1.17 bits per heavy atom. The first-order valence-corrected chi connectivity index (χ1v) is 5.39. The molecule has 0 aromatic heterocycles. The highest BCUT2D eigenvalue weighted by molar-refractivity contribution is 5.98. The van der Waals surface area contributed by atoms with Crippen molar-refractivity contribution >= 4 is 11.7 Å². The average Bonchev–Trinajstić information content (AvgIpc) is 2.39. The Labute approximate surface area is 105 Å². The summed E-state index contributed by atoms with van der Waals surface area (Å²) in [7, 11) is 1.59. The van der Waals surface area contributed by atoms with Gasteiger partial charge in [-0.2, -0.15) is 0 Å². The van der Waals surface area contributed by atoms with E-state index in [0.29, 0.717) is 5.56 Å². The molecule has 0 aliphatic heterocycles. The Morgan fingerprint density at radius 2 is 1.83 bits per heavy atom. The van der Waals surface area contributed by atoms with Crippen molar-refractivity contribution in [3.05, 3.63) is 48.0 Å². The zero-order chi connectivity index (χ0) is 13.1. The normalized spacial score (nSPS) is 10.1. The molecule has 0 bridgehead atoms. The second-order valence-corrected chi connectivity index (χ2v) is 3.80. The number of hydrogen-bond donors (Lipinski definition) is 2. The molecule has 0 aliphatic carbocycles. The van der Waals surface area contributed by atoms with Gasteiger partial charge in [0.15, 0.2) is 0 Å². The van der Waals surface area contributed by atoms with Gasteiger partial charge < -0.3 is 15.6 Å². The smallest absolute Gasteiger partial charge is 0.337 e. The van der Waals surface area contributed by atoms with Gasteiger partial charge in [-0.3, -0.25) is 0 Å². The van der Waals surface area contributed by atoms with Gasteiger partial charge in [0.05, 0.1) is 18.4 Å². The molecule has 0 saturated carbocycles. The molecular weight excluding hydrogens is 230 g/mol. The molecule has 0 saturated heterocycles. The second-order valence-electron chi connectivity index (χ2n) is 3.80. The van der Waals surface area contributed by atoms with E-state index < -0.39 is 5.97 Å². The molecule has 0 unspecified atom stereocenters. The quantitative estimate of drug-likeness (QED) is 0.813. The number of aromatic carboxylic acids is 1. The van der Waals surface area contributed by atoms with Crippen molar-refractivity contribution in [2.75, 3.05) is 12.8 Å². The average molecular weight is 243 g/mol. The fourth-order valence-corrected chi connectivity index (χ4v) is 1.77. The predicted molar refractivity (Wildman–Crippen MR) is 69.8 cm³/mol. The molecule has 0 fully saturated rings. The van der Waals surface area contributed by atoms with Gasteiger partial charge in [-0.1, -0.05) is 24.3 Å². The molecule has 4 nitrogen and oxygen atoms in total. The number of benzene rings is 2. The number of hydrogen-bond acceptors (Lipinski definition) is 3. The van der Waals surface area contributed by atoms with Crippen LogP contribution in [0.1, 0.15) is 10.4 Å². The number of anilines is 1. The lowest BCUT2D eigenvalue weighted by molar-refractivity contribution is 0.0698. The van der Waals surface area contributed by atoms with E-state index >= 15 is 0 Å². The van der Waals surface area contributed by atoms with E-state index in [1.807, 2.05) is 24.3 Å². The van der Waals surface area contributed by atoms with Gasteiger partial charge >= 0.3 is 5.97 Å². The lowest BCUT2D eigenvalue weighted by Gasteiger charge is -2.09. The van der Waals surface area contributed by atoms with Crippen LogP contribution in [0.25, 0.3) is 11.1 Å². The van der Waals surface area contributed by atoms with Gasteiger partial charge in [0.25, 0.3) is 0 Å². The summed E-state index contributed by atoms with van der Waals surface area (Å²) in [6.07, 6.45) is 0. The van der Waals surface area contributed by atoms with Crippen LogP contribution in [-0.4, -0.2) is 18.2 Å². The molecule has 92 valence electrons. The third-order valence-corrected chi connectivity index (χ3v) is 2.74. The van der Waals surface area contributed by atoms with E-state index in [9.17, 15) is 4.79 Å². The van der Waals surface area contributed by atoms with Crippen molar-refractivity contribution < 1.29 is 14.6 Å². The summed E-state index contributed by atoms with van der Waals surface area (Å²) in [6.45, 7) is 0. The zero-order valence-corrected chi connectivity index (χ0v) is 9.88. The van der Waals surface area contributed by atoms with E-state index in [1.165, 1.54) is 6.07 Å². The van der Waals surface area contributed by atoms with Crippen LogP contribution >= 0.6 is 0 Å².